The van der Waals surface area contributed by atoms with E-state index in [2.05, 4.69) is 4.74 Å². The molecule has 0 aliphatic rings. The molecule has 4 heteroatoms. The lowest BCUT2D eigenvalue weighted by molar-refractivity contribution is -0.139. The monoisotopic (exact) mass is 195 g/mol. The van der Waals surface area contributed by atoms with Gasteiger partial charge in [-0.3, -0.25) is 4.79 Å². The Balaban J connectivity index is 4.44. The second kappa shape index (κ2) is 6.84. The Labute approximate surface area is 83.2 Å². The normalized spacial score (nSPS) is 10.5. The lowest BCUT2D eigenvalue weighted by Gasteiger charge is -2.02. The summed E-state index contributed by atoms with van der Waals surface area (Å²) < 4.78 is 4.69. The van der Waals surface area contributed by atoms with Crippen molar-refractivity contribution in [1.29, 1.82) is 5.26 Å². The van der Waals surface area contributed by atoms with Gasteiger partial charge in [-0.1, -0.05) is 6.08 Å². The number of nitriles is 1. The van der Waals surface area contributed by atoms with Gasteiger partial charge in [-0.25, -0.2) is 4.79 Å². The number of hydrogen-bond acceptors (Lipinski definition) is 4. The smallest absolute Gasteiger partial charge is 0.341 e. The van der Waals surface area contributed by atoms with Crippen LogP contribution in [0.4, 0.5) is 0 Å². The molecule has 4 nitrogen and oxygen atoms in total. The zero-order chi connectivity index (χ0) is 11.0. The summed E-state index contributed by atoms with van der Waals surface area (Å²) in [5.74, 6) is -0.945. The molecular formula is C10H13NO3. The van der Waals surface area contributed by atoms with E-state index in [0.29, 0.717) is 6.42 Å². The van der Waals surface area contributed by atoms with Crippen molar-refractivity contribution < 1.29 is 14.3 Å². The highest BCUT2D eigenvalue weighted by Crippen LogP contribution is 2.03. The third kappa shape index (κ3) is 4.41. The first-order valence-electron chi connectivity index (χ1n) is 4.38. The summed E-state index contributed by atoms with van der Waals surface area (Å²) in [4.78, 5) is 22.2. The van der Waals surface area contributed by atoms with E-state index in [4.69, 9.17) is 5.26 Å². The van der Waals surface area contributed by atoms with E-state index in [1.54, 1.807) is 6.92 Å². The molecule has 0 fully saturated rings. The molecule has 76 valence electrons. The lowest BCUT2D eigenvalue weighted by Crippen LogP contribution is -2.13. The number of ketones is 1. The van der Waals surface area contributed by atoms with Crippen molar-refractivity contribution in [2.45, 2.75) is 26.7 Å². The Bertz CT molecular complexity index is 286. The molecule has 0 radical (unpaired) electrons. The van der Waals surface area contributed by atoms with Gasteiger partial charge in [0.05, 0.1) is 18.2 Å². The number of hydrogen-bond donors (Lipinski definition) is 0. The highest BCUT2D eigenvalue weighted by Gasteiger charge is 2.14. The van der Waals surface area contributed by atoms with Gasteiger partial charge in [-0.2, -0.15) is 5.26 Å². The summed E-state index contributed by atoms with van der Waals surface area (Å²) in [6.07, 6.45) is 2.13. The van der Waals surface area contributed by atoms with Gasteiger partial charge in [0, 0.05) is 6.42 Å². The summed E-state index contributed by atoms with van der Waals surface area (Å²) in [6.45, 7) is 3.21. The third-order valence-electron chi connectivity index (χ3n) is 1.48. The molecule has 0 aliphatic heterocycles. The van der Waals surface area contributed by atoms with E-state index in [1.807, 2.05) is 6.07 Å². The Morgan fingerprint density at radius 3 is 2.57 bits per heavy atom. The molecule has 0 aromatic carbocycles. The Morgan fingerprint density at radius 2 is 2.14 bits per heavy atom. The third-order valence-corrected chi connectivity index (χ3v) is 1.48. The maximum absolute atomic E-state index is 11.2. The topological polar surface area (TPSA) is 67.2 Å². The minimum atomic E-state index is -0.613. The quantitative estimate of drug-likeness (QED) is 0.218. The number of Topliss-reactive ketones (excluding diaryl/α,β-unsaturated/α-hetero) is 1. The number of nitrogens with zero attached hydrogens (tertiary/aromatic N) is 1. The molecule has 0 amide bonds. The molecule has 0 saturated heterocycles. The Hall–Kier alpha value is -1.63. The van der Waals surface area contributed by atoms with Gasteiger partial charge >= 0.3 is 5.97 Å². The zero-order valence-corrected chi connectivity index (χ0v) is 8.37. The van der Waals surface area contributed by atoms with Crippen LogP contribution < -0.4 is 0 Å². The summed E-state index contributed by atoms with van der Waals surface area (Å²) in [7, 11) is 0. The van der Waals surface area contributed by atoms with E-state index < -0.39 is 5.97 Å². The molecule has 14 heavy (non-hydrogen) atoms. The number of ether oxygens (including phenoxy) is 1. The zero-order valence-electron chi connectivity index (χ0n) is 8.37. The van der Waals surface area contributed by atoms with Gasteiger partial charge in [0.15, 0.2) is 5.78 Å². The number of esters is 1. The van der Waals surface area contributed by atoms with Crippen LogP contribution in [0.15, 0.2) is 11.6 Å². The van der Waals surface area contributed by atoms with Crippen LogP contribution in [0.25, 0.3) is 0 Å². The molecule has 0 aromatic heterocycles. The maximum atomic E-state index is 11.2. The summed E-state index contributed by atoms with van der Waals surface area (Å²) >= 11 is 0. The van der Waals surface area contributed by atoms with Gasteiger partial charge in [-0.15, -0.1) is 0 Å². The Kier molecular flexibility index (Phi) is 6.04. The molecule has 0 aliphatic carbocycles. The lowest BCUT2D eigenvalue weighted by atomic mass is 10.1. The van der Waals surface area contributed by atoms with Crippen molar-refractivity contribution in [3.63, 3.8) is 0 Å². The molecule has 0 saturated carbocycles. The summed E-state index contributed by atoms with van der Waals surface area (Å²) in [6, 6.07) is 1.92. The molecule has 0 bridgehead atoms. The predicted octanol–water partition coefficient (Wildman–Crippen LogP) is 1.37. The maximum Gasteiger partial charge on any atom is 0.341 e. The summed E-state index contributed by atoms with van der Waals surface area (Å²) in [5, 5.41) is 8.28. The minimum Gasteiger partial charge on any atom is -0.462 e. The molecule has 0 rings (SSSR count). The van der Waals surface area contributed by atoms with Gasteiger partial charge in [0.2, 0.25) is 0 Å². The highest BCUT2D eigenvalue weighted by atomic mass is 16.5. The van der Waals surface area contributed by atoms with Crippen LogP contribution in [0.1, 0.15) is 26.7 Å². The first kappa shape index (κ1) is 12.4. The van der Waals surface area contributed by atoms with Gasteiger partial charge in [0.25, 0.3) is 0 Å². The predicted molar refractivity (Wildman–Crippen MR) is 50.2 cm³/mol. The average molecular weight is 195 g/mol. The van der Waals surface area contributed by atoms with Crippen LogP contribution in [0.3, 0.4) is 0 Å². The van der Waals surface area contributed by atoms with E-state index in [0.717, 1.165) is 0 Å². The number of carbonyl (C=O) groups excluding carboxylic acids is 2. The molecule has 0 spiro atoms. The molecule has 0 N–H and O–H groups in total. The van der Waals surface area contributed by atoms with Gasteiger partial charge in [-0.05, 0) is 20.3 Å². The van der Waals surface area contributed by atoms with Crippen LogP contribution in [-0.4, -0.2) is 18.4 Å². The van der Waals surface area contributed by atoms with Crippen molar-refractivity contribution in [2.24, 2.45) is 0 Å². The molecule has 0 atom stereocenters. The van der Waals surface area contributed by atoms with Gasteiger partial charge < -0.3 is 4.74 Å². The van der Waals surface area contributed by atoms with Crippen molar-refractivity contribution in [3.05, 3.63) is 11.6 Å². The SMILES string of the molecule is CCOC(=O)C(=CCCC#N)C(C)=O. The second-order valence-corrected chi connectivity index (χ2v) is 2.59. The average Bonchev–Trinajstić information content (AvgIpc) is 2.12. The fourth-order valence-electron chi connectivity index (χ4n) is 0.861. The van der Waals surface area contributed by atoms with E-state index in [9.17, 15) is 9.59 Å². The van der Waals surface area contributed by atoms with Crippen LogP contribution >= 0.6 is 0 Å². The standard InChI is InChI=1S/C10H13NO3/c1-3-14-10(13)9(8(2)12)6-4-5-7-11/h6H,3-5H2,1-2H3. The van der Waals surface area contributed by atoms with E-state index >= 15 is 0 Å². The first-order chi connectivity index (χ1) is 6.63. The molecule has 0 aromatic rings. The van der Waals surface area contributed by atoms with Crippen molar-refractivity contribution in [3.8, 4) is 6.07 Å². The molecule has 0 unspecified atom stereocenters. The fourth-order valence-corrected chi connectivity index (χ4v) is 0.861. The number of carbonyl (C=O) groups is 2. The molecular weight excluding hydrogens is 182 g/mol. The Morgan fingerprint density at radius 1 is 1.50 bits per heavy atom. The van der Waals surface area contributed by atoms with Crippen LogP contribution in [0.5, 0.6) is 0 Å². The second-order valence-electron chi connectivity index (χ2n) is 2.59. The van der Waals surface area contributed by atoms with Crippen LogP contribution in [-0.2, 0) is 14.3 Å². The van der Waals surface area contributed by atoms with Crippen molar-refractivity contribution >= 4 is 11.8 Å². The number of rotatable bonds is 5. The number of unbranched alkanes of at least 4 members (excludes halogenated alkanes) is 1. The van der Waals surface area contributed by atoms with Gasteiger partial charge in [0.1, 0.15) is 0 Å². The minimum absolute atomic E-state index is 0.0297. The largest absolute Gasteiger partial charge is 0.462 e. The first-order valence-corrected chi connectivity index (χ1v) is 4.38. The number of allylic oxidation sites excluding steroid dienone is 1. The van der Waals surface area contributed by atoms with Crippen molar-refractivity contribution in [1.82, 2.24) is 0 Å². The van der Waals surface area contributed by atoms with E-state index in [-0.39, 0.29) is 24.4 Å². The van der Waals surface area contributed by atoms with Crippen LogP contribution in [0.2, 0.25) is 0 Å². The van der Waals surface area contributed by atoms with Crippen molar-refractivity contribution in [2.75, 3.05) is 6.61 Å². The summed E-state index contributed by atoms with van der Waals surface area (Å²) in [5.41, 5.74) is 0.0297. The fraction of sp³-hybridized carbons (Fsp3) is 0.500. The molecule has 0 heterocycles. The highest BCUT2D eigenvalue weighted by molar-refractivity contribution is 6.16. The van der Waals surface area contributed by atoms with E-state index in [1.165, 1.54) is 13.0 Å². The van der Waals surface area contributed by atoms with Crippen LogP contribution in [0, 0.1) is 11.3 Å².